The number of fused-ring (bicyclic) bond motifs is 1. The number of amides is 1. The second-order valence-electron chi connectivity index (χ2n) is 5.56. The highest BCUT2D eigenvalue weighted by molar-refractivity contribution is 5.92. The Morgan fingerprint density at radius 1 is 1.25 bits per heavy atom. The second kappa shape index (κ2) is 5.71. The quantitative estimate of drug-likeness (QED) is 0.880. The summed E-state index contributed by atoms with van der Waals surface area (Å²) < 4.78 is 10.9. The van der Waals surface area contributed by atoms with Crippen LogP contribution in [0.25, 0.3) is 0 Å². The van der Waals surface area contributed by atoms with Crippen LogP contribution in [0.4, 0.5) is 5.69 Å². The van der Waals surface area contributed by atoms with E-state index in [-0.39, 0.29) is 5.91 Å². The summed E-state index contributed by atoms with van der Waals surface area (Å²) in [5.41, 5.74) is 0.739. The summed E-state index contributed by atoms with van der Waals surface area (Å²) in [5, 5.41) is 6.13. The van der Waals surface area contributed by atoms with Gasteiger partial charge in [-0.2, -0.15) is 0 Å². The molecule has 1 saturated carbocycles. The number of carbonyl (C=O) groups is 1. The minimum Gasteiger partial charge on any atom is -0.486 e. The van der Waals surface area contributed by atoms with E-state index in [9.17, 15) is 4.79 Å². The van der Waals surface area contributed by atoms with Gasteiger partial charge in [-0.15, -0.1) is 0 Å². The van der Waals surface area contributed by atoms with Gasteiger partial charge >= 0.3 is 0 Å². The molecule has 20 heavy (non-hydrogen) atoms. The fourth-order valence-corrected chi connectivity index (χ4v) is 2.63. The predicted octanol–water partition coefficient (Wildman–Crippen LogP) is 1.78. The van der Waals surface area contributed by atoms with Gasteiger partial charge in [0.05, 0.1) is 6.54 Å². The Morgan fingerprint density at radius 2 is 2.00 bits per heavy atom. The van der Waals surface area contributed by atoms with Crippen LogP contribution in [0, 0.1) is 5.92 Å². The minimum atomic E-state index is -0.0266. The van der Waals surface area contributed by atoms with Gasteiger partial charge in [0.2, 0.25) is 5.91 Å². The average molecular weight is 276 g/mol. The lowest BCUT2D eigenvalue weighted by atomic mass is 9.82. The highest BCUT2D eigenvalue weighted by atomic mass is 16.6. The maximum absolute atomic E-state index is 11.9. The van der Waals surface area contributed by atoms with Gasteiger partial charge < -0.3 is 20.1 Å². The van der Waals surface area contributed by atoms with Gasteiger partial charge in [-0.25, -0.2) is 0 Å². The summed E-state index contributed by atoms with van der Waals surface area (Å²) in [6.07, 6.45) is 2.33. The van der Waals surface area contributed by atoms with Crippen LogP contribution in [0.3, 0.4) is 0 Å². The van der Waals surface area contributed by atoms with Crippen LogP contribution in [-0.4, -0.2) is 31.7 Å². The van der Waals surface area contributed by atoms with E-state index in [1.165, 1.54) is 0 Å². The summed E-state index contributed by atoms with van der Waals surface area (Å²) in [5.74, 6) is 2.18. The molecule has 1 fully saturated rings. The molecular weight excluding hydrogens is 256 g/mol. The molecule has 0 bridgehead atoms. The van der Waals surface area contributed by atoms with Crippen molar-refractivity contribution in [1.29, 1.82) is 0 Å². The normalized spacial score (nSPS) is 23.9. The molecule has 5 heteroatoms. The van der Waals surface area contributed by atoms with E-state index in [4.69, 9.17) is 9.47 Å². The van der Waals surface area contributed by atoms with Gasteiger partial charge in [0.1, 0.15) is 13.2 Å². The molecule has 0 aromatic heterocycles. The number of ether oxygens (including phenoxy) is 2. The van der Waals surface area contributed by atoms with Gasteiger partial charge in [-0.1, -0.05) is 6.92 Å². The van der Waals surface area contributed by atoms with Crippen molar-refractivity contribution in [2.75, 3.05) is 25.1 Å². The first-order chi connectivity index (χ1) is 9.70. The monoisotopic (exact) mass is 276 g/mol. The first-order valence-corrected chi connectivity index (χ1v) is 7.13. The zero-order chi connectivity index (χ0) is 13.9. The van der Waals surface area contributed by atoms with Crippen molar-refractivity contribution >= 4 is 11.6 Å². The van der Waals surface area contributed by atoms with Crippen molar-refractivity contribution in [1.82, 2.24) is 5.32 Å². The molecule has 0 radical (unpaired) electrons. The van der Waals surface area contributed by atoms with E-state index >= 15 is 0 Å². The molecule has 0 atom stereocenters. The standard InChI is InChI=1S/C15H20N2O3/c1-10-6-12(7-10)16-9-15(18)17-11-2-3-13-14(8-11)20-5-4-19-13/h2-3,8,10,12,16H,4-7,9H2,1H3,(H,17,18). The molecule has 1 heterocycles. The third kappa shape index (κ3) is 3.04. The zero-order valence-electron chi connectivity index (χ0n) is 11.6. The molecule has 1 aromatic rings. The third-order valence-corrected chi connectivity index (χ3v) is 3.75. The van der Waals surface area contributed by atoms with Crippen LogP contribution < -0.4 is 20.1 Å². The highest BCUT2D eigenvalue weighted by Gasteiger charge is 2.25. The SMILES string of the molecule is CC1CC(NCC(=O)Nc2ccc3c(c2)OCCO3)C1. The molecule has 3 rings (SSSR count). The average Bonchev–Trinajstić information content (AvgIpc) is 2.42. The van der Waals surface area contributed by atoms with Gasteiger partial charge in [-0.3, -0.25) is 4.79 Å². The highest BCUT2D eigenvalue weighted by Crippen LogP contribution is 2.32. The van der Waals surface area contributed by atoms with Crippen LogP contribution in [0.15, 0.2) is 18.2 Å². The smallest absolute Gasteiger partial charge is 0.238 e. The number of nitrogens with one attached hydrogen (secondary N) is 2. The molecule has 1 amide bonds. The summed E-state index contributed by atoms with van der Waals surface area (Å²) in [4.78, 5) is 11.9. The Bertz CT molecular complexity index is 498. The topological polar surface area (TPSA) is 59.6 Å². The van der Waals surface area contributed by atoms with E-state index < -0.39 is 0 Å². The molecule has 1 aliphatic heterocycles. The molecule has 2 aliphatic rings. The summed E-state index contributed by atoms with van der Waals surface area (Å²) in [6, 6.07) is 5.95. The Balaban J connectivity index is 1.50. The van der Waals surface area contributed by atoms with E-state index in [0.717, 1.165) is 30.2 Å². The van der Waals surface area contributed by atoms with E-state index in [1.54, 1.807) is 6.07 Å². The number of anilines is 1. The van der Waals surface area contributed by atoms with Crippen molar-refractivity contribution in [2.45, 2.75) is 25.8 Å². The van der Waals surface area contributed by atoms with E-state index in [0.29, 0.717) is 31.5 Å². The Labute approximate surface area is 118 Å². The van der Waals surface area contributed by atoms with Crippen molar-refractivity contribution in [3.05, 3.63) is 18.2 Å². The first-order valence-electron chi connectivity index (χ1n) is 7.13. The van der Waals surface area contributed by atoms with Gasteiger partial charge in [0.15, 0.2) is 11.5 Å². The fraction of sp³-hybridized carbons (Fsp3) is 0.533. The van der Waals surface area contributed by atoms with Crippen molar-refractivity contribution < 1.29 is 14.3 Å². The van der Waals surface area contributed by atoms with Crippen LogP contribution in [0.1, 0.15) is 19.8 Å². The van der Waals surface area contributed by atoms with Crippen LogP contribution in [0.5, 0.6) is 11.5 Å². The summed E-state index contributed by atoms with van der Waals surface area (Å²) in [6.45, 7) is 3.70. The Hall–Kier alpha value is -1.75. The minimum absolute atomic E-state index is 0.0266. The van der Waals surface area contributed by atoms with Gasteiger partial charge in [-0.05, 0) is 30.9 Å². The predicted molar refractivity (Wildman–Crippen MR) is 76.3 cm³/mol. The summed E-state index contributed by atoms with van der Waals surface area (Å²) in [7, 11) is 0. The Kier molecular flexibility index (Phi) is 3.78. The third-order valence-electron chi connectivity index (χ3n) is 3.75. The lowest BCUT2D eigenvalue weighted by molar-refractivity contribution is -0.115. The second-order valence-corrected chi connectivity index (χ2v) is 5.56. The van der Waals surface area contributed by atoms with Crippen molar-refractivity contribution in [2.24, 2.45) is 5.92 Å². The zero-order valence-corrected chi connectivity index (χ0v) is 11.6. The van der Waals surface area contributed by atoms with E-state index in [1.807, 2.05) is 12.1 Å². The van der Waals surface area contributed by atoms with Crippen molar-refractivity contribution in [3.63, 3.8) is 0 Å². The number of hydrogen-bond donors (Lipinski definition) is 2. The van der Waals surface area contributed by atoms with Crippen LogP contribution in [0.2, 0.25) is 0 Å². The van der Waals surface area contributed by atoms with Crippen LogP contribution in [-0.2, 0) is 4.79 Å². The maximum atomic E-state index is 11.9. The molecular formula is C15H20N2O3. The summed E-state index contributed by atoms with van der Waals surface area (Å²) >= 11 is 0. The lowest BCUT2D eigenvalue weighted by Crippen LogP contribution is -2.43. The number of rotatable bonds is 4. The largest absolute Gasteiger partial charge is 0.486 e. The molecule has 108 valence electrons. The number of hydrogen-bond acceptors (Lipinski definition) is 4. The van der Waals surface area contributed by atoms with Gasteiger partial charge in [0.25, 0.3) is 0 Å². The first kappa shape index (κ1) is 13.2. The van der Waals surface area contributed by atoms with Crippen LogP contribution >= 0.6 is 0 Å². The number of carbonyl (C=O) groups excluding carboxylic acids is 1. The molecule has 0 saturated heterocycles. The fourth-order valence-electron chi connectivity index (χ4n) is 2.63. The molecule has 5 nitrogen and oxygen atoms in total. The number of benzene rings is 1. The van der Waals surface area contributed by atoms with Gasteiger partial charge in [0, 0.05) is 17.8 Å². The van der Waals surface area contributed by atoms with Crippen molar-refractivity contribution in [3.8, 4) is 11.5 Å². The molecule has 1 aromatic carbocycles. The molecule has 1 aliphatic carbocycles. The van der Waals surface area contributed by atoms with E-state index in [2.05, 4.69) is 17.6 Å². The molecule has 0 unspecified atom stereocenters. The lowest BCUT2D eigenvalue weighted by Gasteiger charge is -2.33. The Morgan fingerprint density at radius 3 is 2.75 bits per heavy atom. The maximum Gasteiger partial charge on any atom is 0.238 e. The molecule has 2 N–H and O–H groups in total. The molecule has 0 spiro atoms.